The normalized spacial score (nSPS) is 19.4. The zero-order valence-corrected chi connectivity index (χ0v) is 16.3. The van der Waals surface area contributed by atoms with E-state index in [0.717, 1.165) is 0 Å². The lowest BCUT2D eigenvalue weighted by atomic mass is 9.92. The molecule has 2 aromatic rings. The fourth-order valence-corrected chi connectivity index (χ4v) is 5.88. The van der Waals surface area contributed by atoms with Crippen LogP contribution in [0.5, 0.6) is 0 Å². The number of fused-ring (bicyclic) bond motifs is 5. The fourth-order valence-electron chi connectivity index (χ4n) is 3.22. The predicted molar refractivity (Wildman–Crippen MR) is 97.7 cm³/mol. The Balaban J connectivity index is 1.95. The Labute approximate surface area is 146 Å². The first-order chi connectivity index (χ1) is 10.6. The first-order valence-electron chi connectivity index (χ1n) is 8.21. The summed E-state index contributed by atoms with van der Waals surface area (Å²) in [6, 6.07) is 4.63. The molecule has 124 valence electrons. The van der Waals surface area contributed by atoms with Gasteiger partial charge in [-0.15, -0.1) is 22.7 Å². The second-order valence-corrected chi connectivity index (χ2v) is 10.6. The van der Waals surface area contributed by atoms with Crippen LogP contribution in [0.3, 0.4) is 0 Å². The maximum atomic E-state index is 6.20. The van der Waals surface area contributed by atoms with Crippen molar-refractivity contribution in [2.24, 2.45) is 0 Å². The van der Waals surface area contributed by atoms with Crippen molar-refractivity contribution in [1.82, 2.24) is 0 Å². The van der Waals surface area contributed by atoms with E-state index in [1.165, 1.54) is 30.6 Å². The van der Waals surface area contributed by atoms with E-state index in [1.54, 1.807) is 0 Å². The molecule has 2 nitrogen and oxygen atoms in total. The van der Waals surface area contributed by atoms with Gasteiger partial charge in [0.2, 0.25) is 5.79 Å². The maximum absolute atomic E-state index is 6.20. The second-order valence-electron chi connectivity index (χ2n) is 8.52. The summed E-state index contributed by atoms with van der Waals surface area (Å²) in [4.78, 5) is 5.51. The molecule has 0 atom stereocenters. The van der Waals surface area contributed by atoms with E-state index in [4.69, 9.17) is 9.47 Å². The SMILES string of the molecule is CC(C)(C)c1cc2c(s1)-c1sc(C(C)(C)C)cc1C21OCCO1. The maximum Gasteiger partial charge on any atom is 0.225 e. The molecular weight excluding hydrogens is 324 g/mol. The molecule has 0 amide bonds. The monoisotopic (exact) mass is 348 g/mol. The molecule has 4 heteroatoms. The fraction of sp³-hybridized carbons (Fsp3) is 0.579. The molecule has 3 heterocycles. The summed E-state index contributed by atoms with van der Waals surface area (Å²) in [5.74, 6) is -0.648. The smallest absolute Gasteiger partial charge is 0.225 e. The van der Waals surface area contributed by atoms with Gasteiger partial charge in [0.15, 0.2) is 0 Å². The lowest BCUT2D eigenvalue weighted by Gasteiger charge is -2.24. The molecule has 23 heavy (non-hydrogen) atoms. The molecule has 0 saturated carbocycles. The highest BCUT2D eigenvalue weighted by Gasteiger charge is 2.51. The third-order valence-electron chi connectivity index (χ3n) is 4.55. The standard InChI is InChI=1S/C19H24O2S2/c1-17(2,3)13-9-11-15(22-13)16-12(19(11)20-7-8-21-19)10-14(23-16)18(4,5)6/h9-10H,7-8H2,1-6H3. The van der Waals surface area contributed by atoms with Crippen LogP contribution in [-0.4, -0.2) is 13.2 Å². The number of rotatable bonds is 0. The van der Waals surface area contributed by atoms with Crippen molar-refractivity contribution < 1.29 is 9.47 Å². The first-order valence-corrected chi connectivity index (χ1v) is 9.84. The van der Waals surface area contributed by atoms with Crippen molar-refractivity contribution in [3.8, 4) is 9.75 Å². The van der Waals surface area contributed by atoms with Crippen molar-refractivity contribution in [2.45, 2.75) is 58.2 Å². The highest BCUT2D eigenvalue weighted by molar-refractivity contribution is 7.22. The Hall–Kier alpha value is -0.680. The van der Waals surface area contributed by atoms with E-state index in [2.05, 4.69) is 53.7 Å². The second kappa shape index (κ2) is 4.69. The van der Waals surface area contributed by atoms with E-state index in [-0.39, 0.29) is 10.8 Å². The number of thiophene rings is 2. The molecule has 0 aromatic carbocycles. The van der Waals surface area contributed by atoms with Crippen molar-refractivity contribution in [2.75, 3.05) is 13.2 Å². The van der Waals surface area contributed by atoms with Crippen LogP contribution in [-0.2, 0) is 26.1 Å². The van der Waals surface area contributed by atoms with Gasteiger partial charge in [0.25, 0.3) is 0 Å². The Bertz CT molecular complexity index is 702. The zero-order chi connectivity index (χ0) is 16.6. The minimum atomic E-state index is -0.648. The lowest BCUT2D eigenvalue weighted by molar-refractivity contribution is -0.126. The molecule has 0 bridgehead atoms. The summed E-state index contributed by atoms with van der Waals surface area (Å²) in [7, 11) is 0. The molecule has 2 aromatic heterocycles. The van der Waals surface area contributed by atoms with Crippen LogP contribution in [0.4, 0.5) is 0 Å². The van der Waals surface area contributed by atoms with Crippen LogP contribution >= 0.6 is 22.7 Å². The van der Waals surface area contributed by atoms with Gasteiger partial charge in [-0.05, 0) is 23.0 Å². The Morgan fingerprint density at radius 1 is 0.783 bits per heavy atom. The molecule has 1 fully saturated rings. The summed E-state index contributed by atoms with van der Waals surface area (Å²) < 4.78 is 12.4. The summed E-state index contributed by atoms with van der Waals surface area (Å²) in [6.07, 6.45) is 0. The third kappa shape index (κ3) is 2.19. The minimum absolute atomic E-state index is 0.152. The first kappa shape index (κ1) is 15.8. The molecule has 1 aliphatic carbocycles. The van der Waals surface area contributed by atoms with Gasteiger partial charge in [0.1, 0.15) is 0 Å². The van der Waals surface area contributed by atoms with Gasteiger partial charge in [-0.2, -0.15) is 0 Å². The summed E-state index contributed by atoms with van der Waals surface area (Å²) >= 11 is 3.81. The van der Waals surface area contributed by atoms with Crippen LogP contribution in [0.2, 0.25) is 0 Å². The van der Waals surface area contributed by atoms with E-state index in [9.17, 15) is 0 Å². The van der Waals surface area contributed by atoms with Crippen LogP contribution < -0.4 is 0 Å². The van der Waals surface area contributed by atoms with E-state index < -0.39 is 5.79 Å². The zero-order valence-electron chi connectivity index (χ0n) is 14.7. The predicted octanol–water partition coefficient (Wildman–Crippen LogP) is 5.63. The van der Waals surface area contributed by atoms with Crippen LogP contribution in [0.1, 0.15) is 62.4 Å². The van der Waals surface area contributed by atoms with Gasteiger partial charge in [-0.1, -0.05) is 41.5 Å². The Morgan fingerprint density at radius 2 is 1.17 bits per heavy atom. The Kier molecular flexibility index (Phi) is 3.23. The molecule has 4 rings (SSSR count). The van der Waals surface area contributed by atoms with Crippen LogP contribution in [0, 0.1) is 0 Å². The van der Waals surface area contributed by atoms with Gasteiger partial charge in [0, 0.05) is 20.9 Å². The summed E-state index contributed by atoms with van der Waals surface area (Å²) in [6.45, 7) is 15.0. The largest absolute Gasteiger partial charge is 0.340 e. The molecule has 1 saturated heterocycles. The van der Waals surface area contributed by atoms with Gasteiger partial charge >= 0.3 is 0 Å². The Morgan fingerprint density at radius 3 is 1.52 bits per heavy atom. The lowest BCUT2D eigenvalue weighted by Crippen LogP contribution is -2.25. The van der Waals surface area contributed by atoms with Gasteiger partial charge in [0.05, 0.1) is 23.0 Å². The molecule has 1 aliphatic heterocycles. The number of hydrogen-bond donors (Lipinski definition) is 0. The van der Waals surface area contributed by atoms with Crippen LogP contribution in [0.15, 0.2) is 12.1 Å². The highest BCUT2D eigenvalue weighted by Crippen LogP contribution is 2.59. The minimum Gasteiger partial charge on any atom is -0.340 e. The van der Waals surface area contributed by atoms with E-state index >= 15 is 0 Å². The van der Waals surface area contributed by atoms with E-state index in [0.29, 0.717) is 13.2 Å². The van der Waals surface area contributed by atoms with Gasteiger partial charge in [-0.25, -0.2) is 0 Å². The molecule has 0 N–H and O–H groups in total. The summed E-state index contributed by atoms with van der Waals surface area (Å²) in [5.41, 5.74) is 2.76. The van der Waals surface area contributed by atoms with Crippen molar-refractivity contribution >= 4 is 22.7 Å². The quantitative estimate of drug-likeness (QED) is 0.614. The van der Waals surface area contributed by atoms with E-state index in [1.807, 2.05) is 22.7 Å². The van der Waals surface area contributed by atoms with Crippen molar-refractivity contribution in [3.63, 3.8) is 0 Å². The van der Waals surface area contributed by atoms with Gasteiger partial charge in [-0.3, -0.25) is 0 Å². The van der Waals surface area contributed by atoms with Crippen LogP contribution in [0.25, 0.3) is 9.75 Å². The van der Waals surface area contributed by atoms with Crippen molar-refractivity contribution in [3.05, 3.63) is 33.0 Å². The van der Waals surface area contributed by atoms with Crippen molar-refractivity contribution in [1.29, 1.82) is 0 Å². The highest BCUT2D eigenvalue weighted by atomic mass is 32.1. The summed E-state index contributed by atoms with van der Waals surface area (Å²) in [5, 5.41) is 0. The van der Waals surface area contributed by atoms with Gasteiger partial charge < -0.3 is 9.47 Å². The number of ether oxygens (including phenoxy) is 2. The molecule has 2 aliphatic rings. The molecule has 0 unspecified atom stereocenters. The topological polar surface area (TPSA) is 18.5 Å². The number of hydrogen-bond acceptors (Lipinski definition) is 4. The average molecular weight is 349 g/mol. The molecular formula is C19H24O2S2. The average Bonchev–Trinajstić information content (AvgIpc) is 3.16. The third-order valence-corrected chi connectivity index (χ3v) is 7.84. The molecule has 0 radical (unpaired) electrons. The molecule has 1 spiro atoms.